The highest BCUT2D eigenvalue weighted by atomic mass is 35.5. The molecule has 6 nitrogen and oxygen atoms in total. The number of fused-ring (bicyclic) bond motifs is 1. The van der Waals surface area contributed by atoms with Crippen LogP contribution in [0.3, 0.4) is 0 Å². The van der Waals surface area contributed by atoms with Crippen molar-refractivity contribution in [2.24, 2.45) is 0 Å². The van der Waals surface area contributed by atoms with Crippen LogP contribution in [0.5, 0.6) is 0 Å². The summed E-state index contributed by atoms with van der Waals surface area (Å²) in [6.07, 6.45) is 0. The molecule has 2 heterocycles. The summed E-state index contributed by atoms with van der Waals surface area (Å²) in [5.74, 6) is -0.0887. The Bertz CT molecular complexity index is 1320. The number of H-pyrrole nitrogens is 1. The average Bonchev–Trinajstić information content (AvgIpc) is 3.09. The van der Waals surface area contributed by atoms with Gasteiger partial charge < -0.3 is 5.32 Å². The molecule has 10 heteroatoms. The number of thiophene rings is 1. The fraction of sp³-hybridized carbons (Fsp3) is 0.143. The largest absolute Gasteiger partial charge is 0.349 e. The maximum atomic E-state index is 12.5. The SMILES string of the molecule is C[C@H](NC(=O)CSc1nnc(-c2cc(Cl)sc2Cl)c(=O)[nH]1)c1cccc2ccccc12. The number of nitrogens with one attached hydrogen (secondary N) is 2. The molecule has 0 unspecified atom stereocenters. The quantitative estimate of drug-likeness (QED) is 0.357. The number of halogens is 2. The van der Waals surface area contributed by atoms with Gasteiger partial charge in [-0.2, -0.15) is 0 Å². The lowest BCUT2D eigenvalue weighted by Gasteiger charge is -2.16. The first-order chi connectivity index (χ1) is 14.9. The van der Waals surface area contributed by atoms with Gasteiger partial charge in [-0.3, -0.25) is 14.6 Å². The number of nitrogens with zero attached hydrogens (tertiary/aromatic N) is 2. The molecule has 0 bridgehead atoms. The number of thioether (sulfide) groups is 1. The van der Waals surface area contributed by atoms with E-state index in [2.05, 4.69) is 20.5 Å². The molecule has 158 valence electrons. The second-order valence-corrected chi connectivity index (χ2v) is 9.94. The Balaban J connectivity index is 1.41. The van der Waals surface area contributed by atoms with Gasteiger partial charge in [0.25, 0.3) is 5.56 Å². The Morgan fingerprint density at radius 1 is 1.19 bits per heavy atom. The molecular formula is C21H16Cl2N4O2S2. The molecule has 4 rings (SSSR count). The van der Waals surface area contributed by atoms with Crippen LogP contribution in [0, 0.1) is 0 Å². The van der Waals surface area contributed by atoms with E-state index in [1.807, 2.05) is 49.4 Å². The number of hydrogen-bond donors (Lipinski definition) is 2. The van der Waals surface area contributed by atoms with Crippen LogP contribution < -0.4 is 10.9 Å². The maximum Gasteiger partial charge on any atom is 0.278 e. The van der Waals surface area contributed by atoms with Crippen molar-refractivity contribution in [3.63, 3.8) is 0 Å². The molecule has 0 saturated heterocycles. The van der Waals surface area contributed by atoms with Crippen molar-refractivity contribution < 1.29 is 4.79 Å². The van der Waals surface area contributed by atoms with Gasteiger partial charge in [0.1, 0.15) is 4.34 Å². The monoisotopic (exact) mass is 490 g/mol. The number of aromatic nitrogens is 3. The first-order valence-corrected chi connectivity index (χ1v) is 11.8. The third-order valence-electron chi connectivity index (χ3n) is 4.60. The van der Waals surface area contributed by atoms with E-state index in [0.29, 0.717) is 14.2 Å². The third kappa shape index (κ3) is 4.93. The zero-order chi connectivity index (χ0) is 22.0. The first kappa shape index (κ1) is 21.8. The minimum Gasteiger partial charge on any atom is -0.349 e. The minimum atomic E-state index is -0.446. The number of rotatable bonds is 6. The highest BCUT2D eigenvalue weighted by molar-refractivity contribution is 7.99. The number of amides is 1. The zero-order valence-electron chi connectivity index (χ0n) is 16.2. The van der Waals surface area contributed by atoms with Crippen molar-refractivity contribution >= 4 is 63.0 Å². The normalized spacial score (nSPS) is 12.1. The van der Waals surface area contributed by atoms with Gasteiger partial charge >= 0.3 is 0 Å². The summed E-state index contributed by atoms with van der Waals surface area (Å²) in [5.41, 5.74) is 1.12. The maximum absolute atomic E-state index is 12.5. The summed E-state index contributed by atoms with van der Waals surface area (Å²) >= 11 is 14.3. The van der Waals surface area contributed by atoms with Crippen LogP contribution in [-0.4, -0.2) is 26.8 Å². The lowest BCUT2D eigenvalue weighted by atomic mass is 10.00. The van der Waals surface area contributed by atoms with Crippen molar-refractivity contribution in [2.75, 3.05) is 5.75 Å². The van der Waals surface area contributed by atoms with Gasteiger partial charge in [0.05, 0.1) is 16.1 Å². The van der Waals surface area contributed by atoms with Crippen molar-refractivity contribution in [2.45, 2.75) is 18.1 Å². The molecule has 1 atom stereocenters. The number of hydrogen-bond acceptors (Lipinski definition) is 6. The molecular weight excluding hydrogens is 475 g/mol. The van der Waals surface area contributed by atoms with Gasteiger partial charge in [-0.1, -0.05) is 77.4 Å². The highest BCUT2D eigenvalue weighted by Gasteiger charge is 2.16. The van der Waals surface area contributed by atoms with E-state index >= 15 is 0 Å². The predicted octanol–water partition coefficient (Wildman–Crippen LogP) is 5.32. The summed E-state index contributed by atoms with van der Waals surface area (Å²) in [5, 5.41) is 13.4. The average molecular weight is 491 g/mol. The van der Waals surface area contributed by atoms with Crippen molar-refractivity contribution in [1.29, 1.82) is 0 Å². The van der Waals surface area contributed by atoms with E-state index in [0.717, 1.165) is 39.4 Å². The number of aromatic amines is 1. The molecule has 2 aromatic carbocycles. The zero-order valence-corrected chi connectivity index (χ0v) is 19.3. The summed E-state index contributed by atoms with van der Waals surface area (Å²) in [6.45, 7) is 1.94. The Morgan fingerprint density at radius 2 is 1.97 bits per heavy atom. The summed E-state index contributed by atoms with van der Waals surface area (Å²) in [6, 6.07) is 15.5. The van der Waals surface area contributed by atoms with E-state index < -0.39 is 5.56 Å². The second-order valence-electron chi connectivity index (χ2n) is 6.69. The molecule has 31 heavy (non-hydrogen) atoms. The summed E-state index contributed by atoms with van der Waals surface area (Å²) in [7, 11) is 0. The standard InChI is InChI=1S/C21H16Cl2N4O2S2/c1-11(13-8-4-6-12-5-2-3-7-14(12)13)24-17(28)10-30-21-25-20(29)18(26-27-21)15-9-16(22)31-19(15)23/h2-9,11H,10H2,1H3,(H,24,28)(H,25,27,29)/t11-/m0/s1. The van der Waals surface area contributed by atoms with Crippen molar-refractivity contribution in [3.05, 3.63) is 73.1 Å². The molecule has 0 aliphatic rings. The first-order valence-electron chi connectivity index (χ1n) is 9.24. The van der Waals surface area contributed by atoms with Gasteiger partial charge in [-0.25, -0.2) is 0 Å². The fourth-order valence-electron chi connectivity index (χ4n) is 3.19. The van der Waals surface area contributed by atoms with E-state index in [1.165, 1.54) is 0 Å². The summed E-state index contributed by atoms with van der Waals surface area (Å²) in [4.78, 5) is 27.5. The molecule has 0 aliphatic heterocycles. The van der Waals surface area contributed by atoms with Gasteiger partial charge in [0.2, 0.25) is 5.91 Å². The van der Waals surface area contributed by atoms with Crippen LogP contribution in [0.4, 0.5) is 0 Å². The predicted molar refractivity (Wildman–Crippen MR) is 127 cm³/mol. The lowest BCUT2D eigenvalue weighted by Crippen LogP contribution is -2.28. The molecule has 0 spiro atoms. The lowest BCUT2D eigenvalue weighted by molar-refractivity contribution is -0.119. The number of carbonyl (C=O) groups is 1. The van der Waals surface area contributed by atoms with Gasteiger partial charge in [-0.05, 0) is 29.3 Å². The van der Waals surface area contributed by atoms with Crippen LogP contribution in [0.15, 0.2) is 58.5 Å². The van der Waals surface area contributed by atoms with Crippen LogP contribution in [0.25, 0.3) is 22.0 Å². The highest BCUT2D eigenvalue weighted by Crippen LogP contribution is 2.36. The second kappa shape index (κ2) is 9.40. The van der Waals surface area contributed by atoms with Crippen LogP contribution in [-0.2, 0) is 4.79 Å². The molecule has 4 aromatic rings. The molecule has 2 aromatic heterocycles. The van der Waals surface area contributed by atoms with Crippen LogP contribution in [0.2, 0.25) is 8.67 Å². The van der Waals surface area contributed by atoms with Gasteiger partial charge in [0.15, 0.2) is 10.9 Å². The van der Waals surface area contributed by atoms with E-state index in [1.54, 1.807) is 6.07 Å². The van der Waals surface area contributed by atoms with Crippen molar-refractivity contribution in [3.8, 4) is 11.3 Å². The van der Waals surface area contributed by atoms with E-state index in [9.17, 15) is 9.59 Å². The summed E-state index contributed by atoms with van der Waals surface area (Å²) < 4.78 is 0.823. The van der Waals surface area contributed by atoms with Gasteiger partial charge in [-0.15, -0.1) is 21.5 Å². The smallest absolute Gasteiger partial charge is 0.278 e. The molecule has 2 N–H and O–H groups in total. The molecule has 0 radical (unpaired) electrons. The van der Waals surface area contributed by atoms with Crippen LogP contribution >= 0.6 is 46.3 Å². The van der Waals surface area contributed by atoms with E-state index in [-0.39, 0.29) is 28.6 Å². The topological polar surface area (TPSA) is 87.7 Å². The molecule has 1 amide bonds. The molecule has 0 fully saturated rings. The third-order valence-corrected chi connectivity index (χ3v) is 6.95. The minimum absolute atomic E-state index is 0.0874. The van der Waals surface area contributed by atoms with Crippen molar-refractivity contribution in [1.82, 2.24) is 20.5 Å². The Hall–Kier alpha value is -2.39. The molecule has 0 saturated carbocycles. The van der Waals surface area contributed by atoms with Gasteiger partial charge in [0, 0.05) is 5.56 Å². The Labute approximate surface area is 196 Å². The number of carbonyl (C=O) groups excluding carboxylic acids is 1. The number of benzene rings is 2. The Kier molecular flexibility index (Phi) is 6.62. The molecule has 0 aliphatic carbocycles. The van der Waals surface area contributed by atoms with Crippen LogP contribution in [0.1, 0.15) is 18.5 Å². The Morgan fingerprint density at radius 3 is 2.71 bits per heavy atom. The van der Waals surface area contributed by atoms with E-state index in [4.69, 9.17) is 23.2 Å². The fourth-order valence-corrected chi connectivity index (χ4v) is 5.27.